The zero-order chi connectivity index (χ0) is 15.5. The molecule has 0 saturated carbocycles. The zero-order valence-electron chi connectivity index (χ0n) is 12.1. The standard InChI is InChI=1S/C14H17NO3S3/c1-15(21(16,17)14-5-4-8-20-14)10-11-6-7-13(19-3)12(9-11)18-2/h4-9H,10H2,1-3H3. The van der Waals surface area contributed by atoms with Gasteiger partial charge in [0.2, 0.25) is 0 Å². The molecule has 0 atom stereocenters. The summed E-state index contributed by atoms with van der Waals surface area (Å²) in [6.07, 6.45) is 1.98. The predicted molar refractivity (Wildman–Crippen MR) is 87.7 cm³/mol. The van der Waals surface area contributed by atoms with Crippen molar-refractivity contribution in [3.8, 4) is 5.75 Å². The number of hydrogen-bond donors (Lipinski definition) is 0. The quantitative estimate of drug-likeness (QED) is 0.755. The summed E-state index contributed by atoms with van der Waals surface area (Å²) in [7, 11) is -0.220. The van der Waals surface area contributed by atoms with E-state index in [1.54, 1.807) is 43.4 Å². The Bertz CT molecular complexity index is 696. The van der Waals surface area contributed by atoms with Gasteiger partial charge in [-0.05, 0) is 35.4 Å². The van der Waals surface area contributed by atoms with E-state index in [0.29, 0.717) is 10.8 Å². The molecule has 4 nitrogen and oxygen atoms in total. The fourth-order valence-electron chi connectivity index (χ4n) is 1.88. The molecule has 1 aromatic heterocycles. The fraction of sp³-hybridized carbons (Fsp3) is 0.286. The summed E-state index contributed by atoms with van der Waals surface area (Å²) in [5.41, 5.74) is 0.896. The Kier molecular flexibility index (Phi) is 5.32. The van der Waals surface area contributed by atoms with Crippen LogP contribution in [0.4, 0.5) is 0 Å². The third-order valence-electron chi connectivity index (χ3n) is 3.01. The van der Waals surface area contributed by atoms with Gasteiger partial charge >= 0.3 is 0 Å². The van der Waals surface area contributed by atoms with Gasteiger partial charge < -0.3 is 4.74 Å². The number of nitrogens with zero attached hydrogens (tertiary/aromatic N) is 1. The molecule has 0 spiro atoms. The molecule has 0 aliphatic heterocycles. The van der Waals surface area contributed by atoms with Crippen molar-refractivity contribution in [1.82, 2.24) is 4.31 Å². The fourth-order valence-corrected chi connectivity index (χ4v) is 4.79. The second-order valence-electron chi connectivity index (χ2n) is 4.38. The van der Waals surface area contributed by atoms with Crippen molar-refractivity contribution in [3.05, 3.63) is 41.3 Å². The molecule has 0 saturated heterocycles. The molecule has 0 fully saturated rings. The van der Waals surface area contributed by atoms with Crippen LogP contribution in [0.3, 0.4) is 0 Å². The molecule has 0 unspecified atom stereocenters. The first kappa shape index (κ1) is 16.4. The number of hydrogen-bond acceptors (Lipinski definition) is 5. The molecule has 0 aliphatic rings. The van der Waals surface area contributed by atoms with E-state index in [9.17, 15) is 8.42 Å². The minimum Gasteiger partial charge on any atom is -0.496 e. The van der Waals surface area contributed by atoms with Gasteiger partial charge in [-0.15, -0.1) is 23.1 Å². The zero-order valence-corrected chi connectivity index (χ0v) is 14.5. The lowest BCUT2D eigenvalue weighted by Crippen LogP contribution is -2.25. The number of thiophene rings is 1. The van der Waals surface area contributed by atoms with Crippen LogP contribution in [0.5, 0.6) is 5.75 Å². The Hall–Kier alpha value is -1.02. The first-order valence-corrected chi connectivity index (χ1v) is 9.74. The summed E-state index contributed by atoms with van der Waals surface area (Å²) >= 11 is 2.82. The average molecular weight is 343 g/mol. The minimum absolute atomic E-state index is 0.311. The Labute approximate surface area is 133 Å². The molecule has 0 N–H and O–H groups in total. The molecule has 0 bridgehead atoms. The number of rotatable bonds is 6. The van der Waals surface area contributed by atoms with E-state index in [-0.39, 0.29) is 0 Å². The molecule has 2 rings (SSSR count). The van der Waals surface area contributed by atoms with E-state index in [1.165, 1.54) is 15.6 Å². The first-order chi connectivity index (χ1) is 9.98. The van der Waals surface area contributed by atoms with Crippen LogP contribution < -0.4 is 4.74 Å². The van der Waals surface area contributed by atoms with E-state index in [0.717, 1.165) is 16.2 Å². The lowest BCUT2D eigenvalue weighted by Gasteiger charge is -2.17. The van der Waals surface area contributed by atoms with Gasteiger partial charge in [-0.1, -0.05) is 12.1 Å². The second kappa shape index (κ2) is 6.83. The maximum Gasteiger partial charge on any atom is 0.252 e. The van der Waals surface area contributed by atoms with Gasteiger partial charge in [0, 0.05) is 18.5 Å². The molecule has 21 heavy (non-hydrogen) atoms. The molecular formula is C14H17NO3S3. The van der Waals surface area contributed by atoms with Gasteiger partial charge in [0.25, 0.3) is 10.0 Å². The number of thioether (sulfide) groups is 1. The van der Waals surface area contributed by atoms with E-state index in [4.69, 9.17) is 4.74 Å². The van der Waals surface area contributed by atoms with Crippen LogP contribution in [0, 0.1) is 0 Å². The van der Waals surface area contributed by atoms with E-state index in [1.807, 2.05) is 24.5 Å². The summed E-state index contributed by atoms with van der Waals surface area (Å²) in [5.74, 6) is 0.766. The molecule has 114 valence electrons. The van der Waals surface area contributed by atoms with Crippen LogP contribution in [-0.2, 0) is 16.6 Å². The van der Waals surface area contributed by atoms with Crippen LogP contribution in [-0.4, -0.2) is 33.1 Å². The summed E-state index contributed by atoms with van der Waals surface area (Å²) in [5, 5.41) is 1.76. The third-order valence-corrected chi connectivity index (χ3v) is 6.97. The average Bonchev–Trinajstić information content (AvgIpc) is 3.01. The van der Waals surface area contributed by atoms with Crippen LogP contribution in [0.25, 0.3) is 0 Å². The smallest absolute Gasteiger partial charge is 0.252 e. The number of ether oxygens (including phenoxy) is 1. The minimum atomic E-state index is -3.42. The van der Waals surface area contributed by atoms with Gasteiger partial charge in [0.15, 0.2) is 0 Å². The third kappa shape index (κ3) is 3.60. The highest BCUT2D eigenvalue weighted by Gasteiger charge is 2.22. The highest BCUT2D eigenvalue weighted by atomic mass is 32.2. The lowest BCUT2D eigenvalue weighted by molar-refractivity contribution is 0.402. The highest BCUT2D eigenvalue weighted by molar-refractivity contribution is 7.98. The summed E-state index contributed by atoms with van der Waals surface area (Å²) in [6.45, 7) is 0.311. The van der Waals surface area contributed by atoms with E-state index in [2.05, 4.69) is 0 Å². The van der Waals surface area contributed by atoms with Gasteiger partial charge in [-0.3, -0.25) is 0 Å². The van der Waals surface area contributed by atoms with Crippen molar-refractivity contribution in [2.75, 3.05) is 20.4 Å². The normalized spacial score (nSPS) is 11.8. The van der Waals surface area contributed by atoms with Crippen molar-refractivity contribution < 1.29 is 13.2 Å². The van der Waals surface area contributed by atoms with Gasteiger partial charge in [0.05, 0.1) is 7.11 Å². The maximum atomic E-state index is 12.4. The van der Waals surface area contributed by atoms with E-state index >= 15 is 0 Å². The van der Waals surface area contributed by atoms with Crippen molar-refractivity contribution >= 4 is 33.1 Å². The van der Waals surface area contributed by atoms with Gasteiger partial charge in [0.1, 0.15) is 9.96 Å². The van der Waals surface area contributed by atoms with Gasteiger partial charge in [-0.2, -0.15) is 4.31 Å². The van der Waals surface area contributed by atoms with Gasteiger partial charge in [-0.25, -0.2) is 8.42 Å². The number of benzene rings is 1. The monoisotopic (exact) mass is 343 g/mol. The van der Waals surface area contributed by atoms with Crippen LogP contribution in [0.1, 0.15) is 5.56 Å². The highest BCUT2D eigenvalue weighted by Crippen LogP contribution is 2.29. The SMILES string of the molecule is COc1cc(CN(C)S(=O)(=O)c2cccs2)ccc1SC. The maximum absolute atomic E-state index is 12.4. The Morgan fingerprint density at radius 1 is 1.33 bits per heavy atom. The summed E-state index contributed by atoms with van der Waals surface area (Å²) in [4.78, 5) is 1.03. The molecule has 0 aliphatic carbocycles. The van der Waals surface area contributed by atoms with Crippen LogP contribution in [0.15, 0.2) is 44.8 Å². The predicted octanol–water partition coefficient (Wildman–Crippen LogP) is 3.30. The molecule has 7 heteroatoms. The van der Waals surface area contributed by atoms with Crippen LogP contribution in [0.2, 0.25) is 0 Å². The molecule has 0 amide bonds. The van der Waals surface area contributed by atoms with Crippen LogP contribution >= 0.6 is 23.1 Å². The molecule has 1 aromatic carbocycles. The van der Waals surface area contributed by atoms with Crippen molar-refractivity contribution in [2.24, 2.45) is 0 Å². The lowest BCUT2D eigenvalue weighted by atomic mass is 10.2. The van der Waals surface area contributed by atoms with Crippen molar-refractivity contribution in [3.63, 3.8) is 0 Å². The van der Waals surface area contributed by atoms with E-state index < -0.39 is 10.0 Å². The van der Waals surface area contributed by atoms with Crippen molar-refractivity contribution in [2.45, 2.75) is 15.6 Å². The number of sulfonamides is 1. The molecule has 1 heterocycles. The topological polar surface area (TPSA) is 46.6 Å². The molecular weight excluding hydrogens is 326 g/mol. The summed E-state index contributed by atoms with van der Waals surface area (Å²) in [6, 6.07) is 9.11. The molecule has 0 radical (unpaired) electrons. The second-order valence-corrected chi connectivity index (χ2v) is 8.45. The summed E-state index contributed by atoms with van der Waals surface area (Å²) < 4.78 is 31.8. The first-order valence-electron chi connectivity index (χ1n) is 6.19. The largest absolute Gasteiger partial charge is 0.496 e. The molecule has 2 aromatic rings. The Morgan fingerprint density at radius 3 is 2.67 bits per heavy atom. The Morgan fingerprint density at radius 2 is 2.10 bits per heavy atom. The van der Waals surface area contributed by atoms with Crippen molar-refractivity contribution in [1.29, 1.82) is 0 Å². The Balaban J connectivity index is 2.22. The number of methoxy groups -OCH3 is 1.